The number of rotatable bonds is 5. The molecule has 2 atom stereocenters. The fourth-order valence-corrected chi connectivity index (χ4v) is 3.26. The van der Waals surface area contributed by atoms with Crippen LogP contribution in [0.3, 0.4) is 0 Å². The molecule has 0 spiro atoms. The molecule has 0 aromatic heterocycles. The van der Waals surface area contributed by atoms with Gasteiger partial charge in [-0.05, 0) is 42.5 Å². The highest BCUT2D eigenvalue weighted by Crippen LogP contribution is 2.39. The lowest BCUT2D eigenvalue weighted by Crippen LogP contribution is -2.42. The Kier molecular flexibility index (Phi) is 7.11. The number of carbonyl (C=O) groups excluding carboxylic acids is 1. The van der Waals surface area contributed by atoms with Gasteiger partial charge in [-0.3, -0.25) is 0 Å². The highest BCUT2D eigenvalue weighted by molar-refractivity contribution is 5.88. The summed E-state index contributed by atoms with van der Waals surface area (Å²) >= 11 is 0. The minimum absolute atomic E-state index is 0.283. The number of nitrogens with zero attached hydrogens (tertiary/aromatic N) is 2. The van der Waals surface area contributed by atoms with E-state index in [0.29, 0.717) is 16.7 Å². The van der Waals surface area contributed by atoms with E-state index in [0.717, 1.165) is 12.1 Å². The SMILES string of the molecule is CNC(=O)Nc1ccc(OC[C@@H]2CN(c3ccc(C#N)c(C(F)(F)F)c3)[C@@H](C(F)(F)F)O2)cc1. The molecule has 0 bridgehead atoms. The van der Waals surface area contributed by atoms with Crippen molar-refractivity contribution in [3.63, 3.8) is 0 Å². The summed E-state index contributed by atoms with van der Waals surface area (Å²) in [5.41, 5.74) is -1.97. The van der Waals surface area contributed by atoms with Crippen LogP contribution in [0.2, 0.25) is 0 Å². The van der Waals surface area contributed by atoms with E-state index in [1.165, 1.54) is 37.4 Å². The van der Waals surface area contributed by atoms with Crippen LogP contribution in [-0.4, -0.2) is 44.7 Å². The molecule has 0 saturated carbocycles. The van der Waals surface area contributed by atoms with E-state index in [4.69, 9.17) is 14.7 Å². The van der Waals surface area contributed by atoms with Gasteiger partial charge in [-0.15, -0.1) is 0 Å². The summed E-state index contributed by atoms with van der Waals surface area (Å²) in [6.45, 7) is -0.711. The predicted molar refractivity (Wildman–Crippen MR) is 108 cm³/mol. The smallest absolute Gasteiger partial charge is 0.433 e. The van der Waals surface area contributed by atoms with E-state index in [2.05, 4.69) is 10.6 Å². The number of anilines is 2. The second-order valence-electron chi connectivity index (χ2n) is 7.18. The first kappa shape index (κ1) is 25.0. The van der Waals surface area contributed by atoms with Crippen LogP contribution in [0.15, 0.2) is 42.5 Å². The van der Waals surface area contributed by atoms with Gasteiger partial charge in [0.05, 0.1) is 23.7 Å². The normalized spacial score (nSPS) is 18.4. The summed E-state index contributed by atoms with van der Waals surface area (Å²) in [6.07, 6.45) is -13.4. The third-order valence-electron chi connectivity index (χ3n) is 4.82. The van der Waals surface area contributed by atoms with Crippen molar-refractivity contribution in [3.8, 4) is 11.8 Å². The van der Waals surface area contributed by atoms with Gasteiger partial charge in [0.25, 0.3) is 0 Å². The van der Waals surface area contributed by atoms with Gasteiger partial charge in [0, 0.05) is 18.4 Å². The number of hydrogen-bond acceptors (Lipinski definition) is 5. The summed E-state index contributed by atoms with van der Waals surface area (Å²) < 4.78 is 91.0. The number of ether oxygens (including phenoxy) is 2. The molecule has 0 unspecified atom stereocenters. The van der Waals surface area contributed by atoms with Crippen molar-refractivity contribution in [2.75, 3.05) is 30.4 Å². The van der Waals surface area contributed by atoms with Crippen molar-refractivity contribution in [1.82, 2.24) is 5.32 Å². The number of hydrogen-bond donors (Lipinski definition) is 2. The van der Waals surface area contributed by atoms with Crippen LogP contribution in [0.25, 0.3) is 0 Å². The average molecular weight is 488 g/mol. The summed E-state index contributed by atoms with van der Waals surface area (Å²) in [4.78, 5) is 11.9. The van der Waals surface area contributed by atoms with E-state index < -0.39 is 48.4 Å². The molecule has 2 aromatic carbocycles. The minimum Gasteiger partial charge on any atom is -0.491 e. The molecule has 1 aliphatic heterocycles. The molecule has 2 N–H and O–H groups in total. The molecule has 1 aliphatic rings. The van der Waals surface area contributed by atoms with E-state index in [9.17, 15) is 31.1 Å². The molecule has 182 valence electrons. The molecule has 2 amide bonds. The largest absolute Gasteiger partial charge is 0.491 e. The van der Waals surface area contributed by atoms with Crippen LogP contribution in [0.5, 0.6) is 5.75 Å². The van der Waals surface area contributed by atoms with Crippen LogP contribution < -0.4 is 20.3 Å². The second-order valence-corrected chi connectivity index (χ2v) is 7.18. The molecule has 2 aromatic rings. The summed E-state index contributed by atoms with van der Waals surface area (Å²) in [5.74, 6) is 0.283. The van der Waals surface area contributed by atoms with Crippen LogP contribution in [0, 0.1) is 11.3 Å². The Hall–Kier alpha value is -3.66. The number of alkyl halides is 6. The van der Waals surface area contributed by atoms with Crippen LogP contribution in [0.4, 0.5) is 42.5 Å². The molecular formula is C21H18F6N4O3. The molecule has 13 heteroatoms. The number of benzene rings is 2. The average Bonchev–Trinajstić information content (AvgIpc) is 3.22. The molecule has 1 saturated heterocycles. The quantitative estimate of drug-likeness (QED) is 0.606. The van der Waals surface area contributed by atoms with E-state index in [1.54, 1.807) is 0 Å². The van der Waals surface area contributed by atoms with Gasteiger partial charge >= 0.3 is 18.4 Å². The molecule has 34 heavy (non-hydrogen) atoms. The third-order valence-corrected chi connectivity index (χ3v) is 4.82. The zero-order valence-electron chi connectivity index (χ0n) is 17.5. The Morgan fingerprint density at radius 1 is 1.18 bits per heavy atom. The third kappa shape index (κ3) is 5.82. The predicted octanol–water partition coefficient (Wildman–Crippen LogP) is 4.50. The second kappa shape index (κ2) is 9.68. The lowest BCUT2D eigenvalue weighted by molar-refractivity contribution is -0.215. The fraction of sp³-hybridized carbons (Fsp3) is 0.333. The van der Waals surface area contributed by atoms with Gasteiger partial charge in [-0.2, -0.15) is 31.6 Å². The highest BCUT2D eigenvalue weighted by atomic mass is 19.4. The maximum atomic E-state index is 13.6. The lowest BCUT2D eigenvalue weighted by Gasteiger charge is -2.27. The molecule has 3 rings (SSSR count). The summed E-state index contributed by atoms with van der Waals surface area (Å²) in [7, 11) is 1.44. The van der Waals surface area contributed by atoms with Gasteiger partial charge in [0.15, 0.2) is 0 Å². The van der Waals surface area contributed by atoms with E-state index >= 15 is 0 Å². The highest BCUT2D eigenvalue weighted by Gasteiger charge is 2.51. The first-order chi connectivity index (χ1) is 15.9. The topological polar surface area (TPSA) is 86.6 Å². The molecule has 7 nitrogen and oxygen atoms in total. The van der Waals surface area contributed by atoms with Crippen LogP contribution in [0.1, 0.15) is 11.1 Å². The Labute approximate surface area is 189 Å². The molecule has 1 fully saturated rings. The maximum Gasteiger partial charge on any atom is 0.433 e. The van der Waals surface area contributed by atoms with Gasteiger partial charge in [0.2, 0.25) is 6.23 Å². The monoisotopic (exact) mass is 488 g/mol. The number of nitrogens with one attached hydrogen (secondary N) is 2. The molecular weight excluding hydrogens is 470 g/mol. The Balaban J connectivity index is 1.75. The minimum atomic E-state index is -4.92. The standard InChI is InChI=1S/C21H18F6N4O3/c1-29-19(32)30-13-3-6-15(7-4-13)33-11-16-10-31(18(34-16)21(25,26)27)14-5-2-12(9-28)17(8-14)20(22,23)24/h2-8,16,18H,10-11H2,1H3,(H2,29,30,32)/t16-,18+/m0/s1. The first-order valence-electron chi connectivity index (χ1n) is 9.74. The zero-order valence-corrected chi connectivity index (χ0v) is 17.5. The van der Waals surface area contributed by atoms with Crippen LogP contribution in [-0.2, 0) is 10.9 Å². The van der Waals surface area contributed by atoms with Crippen molar-refractivity contribution in [3.05, 3.63) is 53.6 Å². The molecule has 1 heterocycles. The Morgan fingerprint density at radius 3 is 2.41 bits per heavy atom. The first-order valence-corrected chi connectivity index (χ1v) is 9.74. The van der Waals surface area contributed by atoms with Crippen molar-refractivity contribution in [1.29, 1.82) is 5.26 Å². The summed E-state index contributed by atoms with van der Waals surface area (Å²) in [6, 6.07) is 9.27. The number of carbonyl (C=O) groups is 1. The van der Waals surface area contributed by atoms with Crippen molar-refractivity contribution < 1.29 is 40.6 Å². The summed E-state index contributed by atoms with van der Waals surface area (Å²) in [5, 5.41) is 13.8. The van der Waals surface area contributed by atoms with Crippen LogP contribution >= 0.6 is 0 Å². The fourth-order valence-electron chi connectivity index (χ4n) is 3.26. The molecule has 0 aliphatic carbocycles. The van der Waals surface area contributed by atoms with Gasteiger partial charge < -0.3 is 25.0 Å². The van der Waals surface area contributed by atoms with E-state index in [1.807, 2.05) is 0 Å². The number of nitriles is 1. The number of amides is 2. The van der Waals surface area contributed by atoms with Crippen molar-refractivity contribution in [2.24, 2.45) is 0 Å². The van der Waals surface area contributed by atoms with Gasteiger partial charge in [0.1, 0.15) is 18.5 Å². The number of halogens is 6. The Morgan fingerprint density at radius 2 is 1.85 bits per heavy atom. The van der Waals surface area contributed by atoms with Gasteiger partial charge in [-0.25, -0.2) is 4.79 Å². The zero-order chi connectivity index (χ0) is 25.1. The molecule has 0 radical (unpaired) electrons. The lowest BCUT2D eigenvalue weighted by atomic mass is 10.1. The van der Waals surface area contributed by atoms with Crippen molar-refractivity contribution in [2.45, 2.75) is 24.7 Å². The Bertz CT molecular complexity index is 1070. The maximum absolute atomic E-state index is 13.6. The van der Waals surface area contributed by atoms with Gasteiger partial charge in [-0.1, -0.05) is 0 Å². The van der Waals surface area contributed by atoms with Crippen molar-refractivity contribution >= 4 is 17.4 Å². The number of urea groups is 1. The van der Waals surface area contributed by atoms with E-state index in [-0.39, 0.29) is 18.0 Å².